The lowest BCUT2D eigenvalue weighted by molar-refractivity contribution is -0.142. The number of H-pyrrole nitrogens is 1. The van der Waals surface area contributed by atoms with E-state index in [2.05, 4.69) is 20.9 Å². The minimum absolute atomic E-state index is 0.0604. The zero-order valence-corrected chi connectivity index (χ0v) is 24.6. The SMILES string of the molecule is CSCCC(NC(=O)C(N)Cc1c[nH]c2ccccc12)C(=O)NC(CCSC)C(=O)NC(CC(C)C)C(=O)O. The van der Waals surface area contributed by atoms with E-state index in [0.29, 0.717) is 24.3 Å². The van der Waals surface area contributed by atoms with E-state index in [1.165, 1.54) is 23.5 Å². The number of aromatic nitrogens is 1. The fourth-order valence-electron chi connectivity index (χ4n) is 4.16. The van der Waals surface area contributed by atoms with Crippen molar-refractivity contribution < 1.29 is 24.3 Å². The number of amides is 3. The minimum atomic E-state index is -1.12. The van der Waals surface area contributed by atoms with Gasteiger partial charge in [0.15, 0.2) is 0 Å². The molecule has 7 N–H and O–H groups in total. The molecule has 2 rings (SSSR count). The van der Waals surface area contributed by atoms with Crippen molar-refractivity contribution in [3.63, 3.8) is 0 Å². The Morgan fingerprint density at radius 1 is 0.897 bits per heavy atom. The van der Waals surface area contributed by atoms with Gasteiger partial charge in [-0.05, 0) is 67.2 Å². The van der Waals surface area contributed by atoms with Gasteiger partial charge in [0.25, 0.3) is 0 Å². The molecule has 4 atom stereocenters. The normalized spacial score (nSPS) is 14.4. The van der Waals surface area contributed by atoms with Crippen molar-refractivity contribution in [3.05, 3.63) is 36.0 Å². The molecule has 2 aromatic rings. The number of hydrogen-bond donors (Lipinski definition) is 6. The van der Waals surface area contributed by atoms with Crippen LogP contribution in [-0.2, 0) is 25.6 Å². The maximum Gasteiger partial charge on any atom is 0.326 e. The van der Waals surface area contributed by atoms with Gasteiger partial charge in [-0.3, -0.25) is 14.4 Å². The predicted molar refractivity (Wildman–Crippen MR) is 159 cm³/mol. The van der Waals surface area contributed by atoms with E-state index < -0.39 is 47.9 Å². The third kappa shape index (κ3) is 10.4. The summed E-state index contributed by atoms with van der Waals surface area (Å²) >= 11 is 3.04. The first-order chi connectivity index (χ1) is 18.6. The number of carbonyl (C=O) groups excluding carboxylic acids is 3. The molecule has 0 aliphatic rings. The fourth-order valence-corrected chi connectivity index (χ4v) is 5.10. The van der Waals surface area contributed by atoms with Gasteiger partial charge in [0.1, 0.15) is 18.1 Å². The van der Waals surface area contributed by atoms with Crippen LogP contribution >= 0.6 is 23.5 Å². The molecule has 1 aromatic heterocycles. The summed E-state index contributed by atoms with van der Waals surface area (Å²) in [5.41, 5.74) is 8.08. The Hall–Kier alpha value is -2.70. The highest BCUT2D eigenvalue weighted by Crippen LogP contribution is 2.19. The van der Waals surface area contributed by atoms with E-state index in [4.69, 9.17) is 5.73 Å². The van der Waals surface area contributed by atoms with Gasteiger partial charge in [-0.25, -0.2) is 4.79 Å². The van der Waals surface area contributed by atoms with Crippen LogP contribution < -0.4 is 21.7 Å². The van der Waals surface area contributed by atoms with Crippen molar-refractivity contribution in [2.75, 3.05) is 24.0 Å². The van der Waals surface area contributed by atoms with Crippen LogP contribution in [0.15, 0.2) is 30.5 Å². The van der Waals surface area contributed by atoms with Gasteiger partial charge in [-0.15, -0.1) is 0 Å². The zero-order chi connectivity index (χ0) is 28.9. The van der Waals surface area contributed by atoms with Crippen molar-refractivity contribution in [1.82, 2.24) is 20.9 Å². The highest BCUT2D eigenvalue weighted by Gasteiger charge is 2.30. The highest BCUT2D eigenvalue weighted by molar-refractivity contribution is 7.98. The number of para-hydroxylation sites is 1. The number of hydrogen-bond acceptors (Lipinski definition) is 7. The van der Waals surface area contributed by atoms with Crippen molar-refractivity contribution in [2.45, 2.75) is 63.7 Å². The first kappa shape index (κ1) is 32.5. The van der Waals surface area contributed by atoms with Gasteiger partial charge in [-0.2, -0.15) is 23.5 Å². The number of rotatable bonds is 17. The molecule has 12 heteroatoms. The number of aliphatic carboxylic acids is 1. The van der Waals surface area contributed by atoms with Crippen LogP contribution in [0.3, 0.4) is 0 Å². The molecule has 1 heterocycles. The molecule has 4 unspecified atom stereocenters. The largest absolute Gasteiger partial charge is 0.480 e. The second kappa shape index (κ2) is 16.4. The maximum atomic E-state index is 13.3. The molecular weight excluding hydrogens is 538 g/mol. The Kier molecular flexibility index (Phi) is 13.7. The smallest absolute Gasteiger partial charge is 0.326 e. The van der Waals surface area contributed by atoms with Gasteiger partial charge < -0.3 is 31.8 Å². The van der Waals surface area contributed by atoms with Crippen LogP contribution in [0.1, 0.15) is 38.7 Å². The fraction of sp³-hybridized carbons (Fsp3) is 0.556. The van der Waals surface area contributed by atoms with Gasteiger partial charge in [0.05, 0.1) is 6.04 Å². The van der Waals surface area contributed by atoms with Crippen LogP contribution in [0.4, 0.5) is 0 Å². The summed E-state index contributed by atoms with van der Waals surface area (Å²) in [6, 6.07) is 3.97. The summed E-state index contributed by atoms with van der Waals surface area (Å²) in [7, 11) is 0. The molecule has 0 aliphatic carbocycles. The topological polar surface area (TPSA) is 166 Å². The number of benzene rings is 1. The maximum absolute atomic E-state index is 13.3. The number of thioether (sulfide) groups is 2. The Labute approximate surface area is 238 Å². The lowest BCUT2D eigenvalue weighted by Gasteiger charge is -2.25. The van der Waals surface area contributed by atoms with Gasteiger partial charge in [-0.1, -0.05) is 32.0 Å². The molecule has 0 saturated heterocycles. The second-order valence-electron chi connectivity index (χ2n) is 9.88. The van der Waals surface area contributed by atoms with E-state index in [0.717, 1.165) is 16.5 Å². The monoisotopic (exact) mass is 579 g/mol. The van der Waals surface area contributed by atoms with Crippen molar-refractivity contribution >= 4 is 58.1 Å². The van der Waals surface area contributed by atoms with Crippen LogP contribution in [0, 0.1) is 5.92 Å². The standard InChI is InChI=1S/C27H41N5O5S2/c1-16(2)13-23(27(36)37)32-26(35)22(10-12-39-4)31-25(34)21(9-11-38-3)30-24(33)19(28)14-17-15-29-20-8-6-5-7-18(17)20/h5-8,15-16,19,21-23,29H,9-14,28H2,1-4H3,(H,30,33)(H,31,34)(H,32,35)(H,36,37). The predicted octanol–water partition coefficient (Wildman–Crippen LogP) is 2.13. The minimum Gasteiger partial charge on any atom is -0.480 e. The Bertz CT molecular complexity index is 1110. The van der Waals surface area contributed by atoms with Crippen LogP contribution in [0.5, 0.6) is 0 Å². The summed E-state index contributed by atoms with van der Waals surface area (Å²) in [6.07, 6.45) is 6.83. The molecule has 10 nitrogen and oxygen atoms in total. The molecule has 0 bridgehead atoms. The summed E-state index contributed by atoms with van der Waals surface area (Å²) in [4.78, 5) is 54.2. The van der Waals surface area contributed by atoms with Gasteiger partial charge in [0.2, 0.25) is 17.7 Å². The summed E-state index contributed by atoms with van der Waals surface area (Å²) in [5, 5.41) is 18.6. The van der Waals surface area contributed by atoms with Crippen molar-refractivity contribution in [1.29, 1.82) is 0 Å². The molecule has 39 heavy (non-hydrogen) atoms. The van der Waals surface area contributed by atoms with E-state index in [-0.39, 0.29) is 18.8 Å². The summed E-state index contributed by atoms with van der Waals surface area (Å²) in [6.45, 7) is 3.74. The third-order valence-electron chi connectivity index (χ3n) is 6.26. The average molecular weight is 580 g/mol. The van der Waals surface area contributed by atoms with E-state index in [1.54, 1.807) is 0 Å². The van der Waals surface area contributed by atoms with Crippen LogP contribution in [-0.4, -0.2) is 82.0 Å². The molecule has 3 amide bonds. The zero-order valence-electron chi connectivity index (χ0n) is 23.0. The number of nitrogens with two attached hydrogens (primary N) is 1. The number of carboxylic acid groups (broad SMARTS) is 1. The number of carboxylic acids is 1. The third-order valence-corrected chi connectivity index (χ3v) is 7.55. The van der Waals surface area contributed by atoms with E-state index in [9.17, 15) is 24.3 Å². The summed E-state index contributed by atoms with van der Waals surface area (Å²) in [5.74, 6) is -1.41. The Morgan fingerprint density at radius 2 is 1.44 bits per heavy atom. The number of fused-ring (bicyclic) bond motifs is 1. The van der Waals surface area contributed by atoms with Crippen LogP contribution in [0.2, 0.25) is 0 Å². The molecular formula is C27H41N5O5S2. The van der Waals surface area contributed by atoms with Gasteiger partial charge in [0, 0.05) is 17.1 Å². The molecule has 0 aliphatic heterocycles. The first-order valence-corrected chi connectivity index (χ1v) is 15.8. The number of carbonyl (C=O) groups is 4. The Morgan fingerprint density at radius 3 is 1.97 bits per heavy atom. The molecule has 0 spiro atoms. The van der Waals surface area contributed by atoms with Gasteiger partial charge >= 0.3 is 5.97 Å². The quantitative estimate of drug-likeness (QED) is 0.166. The average Bonchev–Trinajstić information content (AvgIpc) is 3.30. The molecule has 1 aromatic carbocycles. The van der Waals surface area contributed by atoms with Crippen molar-refractivity contribution in [2.24, 2.45) is 11.7 Å². The highest BCUT2D eigenvalue weighted by atomic mass is 32.2. The molecule has 216 valence electrons. The lowest BCUT2D eigenvalue weighted by atomic mass is 10.0. The summed E-state index contributed by atoms with van der Waals surface area (Å²) < 4.78 is 0. The van der Waals surface area contributed by atoms with E-state index >= 15 is 0 Å². The van der Waals surface area contributed by atoms with Crippen LogP contribution in [0.25, 0.3) is 10.9 Å². The Balaban J connectivity index is 2.10. The lowest BCUT2D eigenvalue weighted by Crippen LogP contribution is -2.57. The van der Waals surface area contributed by atoms with E-state index in [1.807, 2.05) is 56.8 Å². The number of aromatic amines is 1. The molecule has 0 fully saturated rings. The second-order valence-corrected chi connectivity index (χ2v) is 11.9. The number of nitrogens with one attached hydrogen (secondary N) is 4. The first-order valence-electron chi connectivity index (χ1n) is 13.0. The molecule has 0 radical (unpaired) electrons. The molecule has 0 saturated carbocycles. The van der Waals surface area contributed by atoms with Crippen molar-refractivity contribution in [3.8, 4) is 0 Å².